The Hall–Kier alpha value is -0.990. The van der Waals surface area contributed by atoms with Gasteiger partial charge in [-0.3, -0.25) is 4.68 Å². The Morgan fingerprint density at radius 1 is 1.29 bits per heavy atom. The van der Waals surface area contributed by atoms with E-state index in [0.29, 0.717) is 0 Å². The molecule has 0 aliphatic rings. The Bertz CT molecular complexity index is 332. The van der Waals surface area contributed by atoms with Gasteiger partial charge in [-0.25, -0.2) is 0 Å². The van der Waals surface area contributed by atoms with Crippen LogP contribution < -0.4 is 0 Å². The summed E-state index contributed by atoms with van der Waals surface area (Å²) in [6.45, 7) is 12.5. The molecule has 1 N–H and O–H groups in total. The van der Waals surface area contributed by atoms with Crippen molar-refractivity contribution in [1.29, 1.82) is 0 Å². The molecule has 0 fully saturated rings. The van der Waals surface area contributed by atoms with Gasteiger partial charge in [0, 0.05) is 17.0 Å². The van der Waals surface area contributed by atoms with E-state index in [1.54, 1.807) is 0 Å². The van der Waals surface area contributed by atoms with Crippen molar-refractivity contribution >= 4 is 0 Å². The summed E-state index contributed by atoms with van der Waals surface area (Å²) in [5, 5.41) is 13.7. The van der Waals surface area contributed by atoms with Gasteiger partial charge in [0.25, 0.3) is 0 Å². The third kappa shape index (κ3) is 1.76. The molecule has 1 aromatic rings. The van der Waals surface area contributed by atoms with Crippen LogP contribution in [0.1, 0.15) is 51.9 Å². The van der Waals surface area contributed by atoms with Gasteiger partial charge < -0.3 is 5.11 Å². The van der Waals surface area contributed by atoms with Gasteiger partial charge in [-0.05, 0) is 20.8 Å². The molecule has 1 heterocycles. The predicted molar refractivity (Wildman–Crippen MR) is 57.7 cm³/mol. The van der Waals surface area contributed by atoms with E-state index in [9.17, 15) is 5.11 Å². The second kappa shape index (κ2) is 3.30. The second-order valence-electron chi connectivity index (χ2n) is 5.09. The Morgan fingerprint density at radius 3 is 2.07 bits per heavy atom. The lowest BCUT2D eigenvalue weighted by Gasteiger charge is -2.23. The molecular formula is C11H20N2O. The summed E-state index contributed by atoms with van der Waals surface area (Å²) in [5.41, 5.74) is 2.03. The van der Waals surface area contributed by atoms with Gasteiger partial charge in [0.2, 0.25) is 5.88 Å². The molecule has 1 aromatic heterocycles. The van der Waals surface area contributed by atoms with Crippen molar-refractivity contribution in [3.63, 3.8) is 0 Å². The second-order valence-corrected chi connectivity index (χ2v) is 5.09. The van der Waals surface area contributed by atoms with Crippen molar-refractivity contribution in [2.75, 3.05) is 0 Å². The Kier molecular flexibility index (Phi) is 2.61. The summed E-state index contributed by atoms with van der Waals surface area (Å²) < 4.78 is 1.91. The number of hydrogen-bond donors (Lipinski definition) is 1. The van der Waals surface area contributed by atoms with E-state index in [1.165, 1.54) is 0 Å². The first-order valence-corrected chi connectivity index (χ1v) is 5.03. The lowest BCUT2D eigenvalue weighted by molar-refractivity contribution is 0.410. The number of aromatic hydroxyl groups is 1. The van der Waals surface area contributed by atoms with E-state index in [2.05, 4.69) is 39.7 Å². The Morgan fingerprint density at radius 2 is 1.79 bits per heavy atom. The molecule has 1 rings (SSSR count). The number of hydrogen-bond acceptors (Lipinski definition) is 2. The van der Waals surface area contributed by atoms with Crippen LogP contribution in [0, 0.1) is 6.92 Å². The van der Waals surface area contributed by atoms with Crippen molar-refractivity contribution in [2.24, 2.45) is 0 Å². The first kappa shape index (κ1) is 11.1. The molecule has 0 aromatic carbocycles. The molecule has 0 spiro atoms. The molecular weight excluding hydrogens is 176 g/mol. The third-order valence-electron chi connectivity index (χ3n) is 2.32. The van der Waals surface area contributed by atoms with Crippen LogP contribution >= 0.6 is 0 Å². The summed E-state index contributed by atoms with van der Waals surface area (Å²) in [6, 6.07) is 0.281. The van der Waals surface area contributed by atoms with Gasteiger partial charge in [0.15, 0.2) is 0 Å². The van der Waals surface area contributed by atoms with Crippen LogP contribution in [0.3, 0.4) is 0 Å². The molecule has 0 atom stereocenters. The van der Waals surface area contributed by atoms with Crippen molar-refractivity contribution in [1.82, 2.24) is 9.78 Å². The molecule has 3 nitrogen and oxygen atoms in total. The lowest BCUT2D eigenvalue weighted by atomic mass is 9.89. The quantitative estimate of drug-likeness (QED) is 0.750. The molecule has 0 saturated heterocycles. The van der Waals surface area contributed by atoms with Crippen molar-refractivity contribution in [3.05, 3.63) is 11.3 Å². The van der Waals surface area contributed by atoms with Crippen LogP contribution in [0.4, 0.5) is 0 Å². The summed E-state index contributed by atoms with van der Waals surface area (Å²) in [4.78, 5) is 0. The zero-order chi connectivity index (χ0) is 11.1. The van der Waals surface area contributed by atoms with Gasteiger partial charge in [0.1, 0.15) is 0 Å². The molecule has 0 aliphatic heterocycles. The van der Waals surface area contributed by atoms with Gasteiger partial charge >= 0.3 is 0 Å². The summed E-state index contributed by atoms with van der Waals surface area (Å²) in [7, 11) is 0. The molecule has 0 aliphatic carbocycles. The molecule has 80 valence electrons. The Balaban J connectivity index is 3.38. The summed E-state index contributed by atoms with van der Waals surface area (Å²) in [6.07, 6.45) is 0. The largest absolute Gasteiger partial charge is 0.492 e. The zero-order valence-corrected chi connectivity index (χ0v) is 9.92. The average Bonchev–Trinajstić information content (AvgIpc) is 2.27. The van der Waals surface area contributed by atoms with E-state index < -0.39 is 0 Å². The van der Waals surface area contributed by atoms with Crippen molar-refractivity contribution in [3.8, 4) is 5.88 Å². The normalized spacial score (nSPS) is 12.5. The molecule has 0 radical (unpaired) electrons. The fraction of sp³-hybridized carbons (Fsp3) is 0.727. The number of rotatable bonds is 1. The maximum absolute atomic E-state index is 9.60. The van der Waals surface area contributed by atoms with E-state index in [4.69, 9.17) is 0 Å². The van der Waals surface area contributed by atoms with Crippen LogP contribution in [-0.4, -0.2) is 14.9 Å². The highest BCUT2D eigenvalue weighted by atomic mass is 16.3. The smallest absolute Gasteiger partial charge is 0.233 e. The molecule has 0 bridgehead atoms. The van der Waals surface area contributed by atoms with Gasteiger partial charge in [-0.15, -0.1) is 5.10 Å². The topological polar surface area (TPSA) is 38.1 Å². The predicted octanol–water partition coefficient (Wildman–Crippen LogP) is 2.78. The number of aromatic nitrogens is 2. The van der Waals surface area contributed by atoms with Crippen LogP contribution in [0.25, 0.3) is 0 Å². The fourth-order valence-corrected chi connectivity index (χ4v) is 1.78. The lowest BCUT2D eigenvalue weighted by Crippen LogP contribution is -2.20. The van der Waals surface area contributed by atoms with Crippen molar-refractivity contribution in [2.45, 2.75) is 53.0 Å². The van der Waals surface area contributed by atoms with Crippen molar-refractivity contribution < 1.29 is 5.11 Å². The highest BCUT2D eigenvalue weighted by Gasteiger charge is 2.25. The maximum Gasteiger partial charge on any atom is 0.233 e. The maximum atomic E-state index is 9.60. The minimum absolute atomic E-state index is 0.0162. The average molecular weight is 196 g/mol. The van der Waals surface area contributed by atoms with Crippen LogP contribution in [0.5, 0.6) is 5.88 Å². The standard InChI is InChI=1S/C11H20N2O/c1-7(2)13-9(11(4,5)6)8(3)10(14)12-13/h7H,1-6H3,(H,12,14). The molecule has 0 amide bonds. The monoisotopic (exact) mass is 196 g/mol. The van der Waals surface area contributed by atoms with Crippen LogP contribution in [-0.2, 0) is 5.41 Å². The first-order valence-electron chi connectivity index (χ1n) is 5.03. The minimum atomic E-state index is 0.0162. The highest BCUT2D eigenvalue weighted by Crippen LogP contribution is 2.32. The SMILES string of the molecule is Cc1c(O)nn(C(C)C)c1C(C)(C)C. The Labute approximate surface area is 85.8 Å². The first-order chi connectivity index (χ1) is 6.25. The fourth-order valence-electron chi connectivity index (χ4n) is 1.78. The van der Waals surface area contributed by atoms with E-state index in [-0.39, 0.29) is 17.3 Å². The van der Waals surface area contributed by atoms with E-state index in [0.717, 1.165) is 11.3 Å². The molecule has 14 heavy (non-hydrogen) atoms. The van der Waals surface area contributed by atoms with Crippen LogP contribution in [0.2, 0.25) is 0 Å². The van der Waals surface area contributed by atoms with E-state index >= 15 is 0 Å². The van der Waals surface area contributed by atoms with Crippen LogP contribution in [0.15, 0.2) is 0 Å². The van der Waals surface area contributed by atoms with Gasteiger partial charge in [0.05, 0.1) is 5.69 Å². The molecule has 3 heteroatoms. The highest BCUT2D eigenvalue weighted by molar-refractivity contribution is 5.33. The molecule has 0 saturated carbocycles. The van der Waals surface area contributed by atoms with Gasteiger partial charge in [-0.1, -0.05) is 20.8 Å². The third-order valence-corrected chi connectivity index (χ3v) is 2.32. The van der Waals surface area contributed by atoms with Gasteiger partial charge in [-0.2, -0.15) is 0 Å². The molecule has 0 unspecified atom stereocenters. The minimum Gasteiger partial charge on any atom is -0.492 e. The summed E-state index contributed by atoms with van der Waals surface area (Å²) in [5.74, 6) is 0.156. The zero-order valence-electron chi connectivity index (χ0n) is 9.92. The summed E-state index contributed by atoms with van der Waals surface area (Å²) >= 11 is 0. The van der Waals surface area contributed by atoms with E-state index in [1.807, 2.05) is 11.6 Å². The number of nitrogens with zero attached hydrogens (tertiary/aromatic N) is 2.